The molecule has 0 spiro atoms. The molecule has 1 nitrogen and oxygen atoms in total. The first-order chi connectivity index (χ1) is 8.74. The predicted molar refractivity (Wildman–Crippen MR) is 79.4 cm³/mol. The molecule has 0 aliphatic carbocycles. The number of thiophene rings is 1. The highest BCUT2D eigenvalue weighted by atomic mass is 79.9. The van der Waals surface area contributed by atoms with E-state index in [1.165, 1.54) is 11.3 Å². The zero-order valence-corrected chi connectivity index (χ0v) is 11.8. The molecule has 1 heterocycles. The number of halogens is 1. The normalized spacial score (nSPS) is 10.7. The summed E-state index contributed by atoms with van der Waals surface area (Å²) in [5.74, 6) is 0.0907. The highest BCUT2D eigenvalue weighted by Gasteiger charge is 2.12. The molecular weight excluding hydrogens is 308 g/mol. The van der Waals surface area contributed by atoms with Crippen LogP contribution in [-0.4, -0.2) is 5.78 Å². The predicted octanol–water partition coefficient (Wildman–Crippen LogP) is 4.89. The van der Waals surface area contributed by atoms with Gasteiger partial charge in [0.15, 0.2) is 0 Å². The molecule has 0 fully saturated rings. The van der Waals surface area contributed by atoms with Crippen LogP contribution in [0.1, 0.15) is 15.2 Å². The van der Waals surface area contributed by atoms with Crippen LogP contribution in [0.5, 0.6) is 0 Å². The van der Waals surface area contributed by atoms with E-state index >= 15 is 0 Å². The van der Waals surface area contributed by atoms with Gasteiger partial charge in [-0.2, -0.15) is 0 Å². The molecule has 0 bridgehead atoms. The number of ketones is 1. The minimum atomic E-state index is 0.0907. The first-order valence-corrected chi connectivity index (χ1v) is 7.14. The van der Waals surface area contributed by atoms with Crippen molar-refractivity contribution in [3.8, 4) is 0 Å². The van der Waals surface area contributed by atoms with Gasteiger partial charge in [0.25, 0.3) is 0 Å². The molecule has 3 rings (SSSR count). The van der Waals surface area contributed by atoms with Gasteiger partial charge in [0.2, 0.25) is 5.78 Å². The molecule has 1 aromatic heterocycles. The van der Waals surface area contributed by atoms with Crippen molar-refractivity contribution in [2.45, 2.75) is 0 Å². The van der Waals surface area contributed by atoms with E-state index in [-0.39, 0.29) is 5.78 Å². The second kappa shape index (κ2) is 4.67. The van der Waals surface area contributed by atoms with Crippen LogP contribution in [-0.2, 0) is 0 Å². The van der Waals surface area contributed by atoms with Crippen molar-refractivity contribution in [3.63, 3.8) is 0 Å². The summed E-state index contributed by atoms with van der Waals surface area (Å²) in [5.41, 5.74) is 0.739. The Morgan fingerprint density at radius 1 is 1.00 bits per heavy atom. The Balaban J connectivity index is 2.07. The summed E-state index contributed by atoms with van der Waals surface area (Å²) < 4.78 is 2.17. The smallest absolute Gasteiger partial charge is 0.202 e. The lowest BCUT2D eigenvalue weighted by molar-refractivity contribution is 0.104. The monoisotopic (exact) mass is 316 g/mol. The summed E-state index contributed by atoms with van der Waals surface area (Å²) in [6.45, 7) is 0. The maximum atomic E-state index is 12.3. The van der Waals surface area contributed by atoms with Crippen molar-refractivity contribution >= 4 is 43.1 Å². The van der Waals surface area contributed by atoms with Crippen molar-refractivity contribution in [1.29, 1.82) is 0 Å². The van der Waals surface area contributed by atoms with Gasteiger partial charge in [0.05, 0.1) is 4.88 Å². The number of rotatable bonds is 2. The Hall–Kier alpha value is -1.45. The number of benzene rings is 2. The molecular formula is C15H9BrOS. The van der Waals surface area contributed by atoms with Gasteiger partial charge in [0, 0.05) is 14.7 Å². The quantitative estimate of drug-likeness (QED) is 0.615. The average molecular weight is 317 g/mol. The van der Waals surface area contributed by atoms with Crippen molar-refractivity contribution < 1.29 is 4.79 Å². The summed E-state index contributed by atoms with van der Waals surface area (Å²) in [7, 11) is 0. The van der Waals surface area contributed by atoms with Gasteiger partial charge < -0.3 is 0 Å². The third-order valence-corrected chi connectivity index (χ3v) is 4.33. The molecule has 0 saturated heterocycles. The van der Waals surface area contributed by atoms with E-state index in [2.05, 4.69) is 15.9 Å². The van der Waals surface area contributed by atoms with E-state index in [0.717, 1.165) is 25.0 Å². The van der Waals surface area contributed by atoms with Gasteiger partial charge in [0.1, 0.15) is 0 Å². The maximum Gasteiger partial charge on any atom is 0.202 e. The van der Waals surface area contributed by atoms with Crippen LogP contribution in [0.4, 0.5) is 0 Å². The highest BCUT2D eigenvalue weighted by Crippen LogP contribution is 2.29. The van der Waals surface area contributed by atoms with Crippen LogP contribution in [0.25, 0.3) is 10.1 Å². The van der Waals surface area contributed by atoms with Crippen LogP contribution in [0.3, 0.4) is 0 Å². The number of carbonyl (C=O) groups excluding carboxylic acids is 1. The number of carbonyl (C=O) groups is 1. The van der Waals surface area contributed by atoms with Gasteiger partial charge in [-0.05, 0) is 23.6 Å². The largest absolute Gasteiger partial charge is 0.288 e. The molecule has 88 valence electrons. The fourth-order valence-corrected chi connectivity index (χ4v) is 3.43. The molecule has 0 aliphatic heterocycles. The van der Waals surface area contributed by atoms with Gasteiger partial charge in [-0.25, -0.2) is 0 Å². The van der Waals surface area contributed by atoms with E-state index in [0.29, 0.717) is 0 Å². The standard InChI is InChI=1S/C15H9BrOS/c16-12-7-6-11-8-14(18-13(11)9-12)15(17)10-4-2-1-3-5-10/h1-9H. The van der Waals surface area contributed by atoms with Crippen molar-refractivity contribution in [2.75, 3.05) is 0 Å². The van der Waals surface area contributed by atoms with Crippen LogP contribution in [0.2, 0.25) is 0 Å². The lowest BCUT2D eigenvalue weighted by Gasteiger charge is -1.95. The summed E-state index contributed by atoms with van der Waals surface area (Å²) >= 11 is 4.98. The van der Waals surface area contributed by atoms with Gasteiger partial charge >= 0.3 is 0 Å². The van der Waals surface area contributed by atoms with E-state index in [9.17, 15) is 4.79 Å². The SMILES string of the molecule is O=C(c1ccccc1)c1cc2ccc(Br)cc2s1. The molecule has 3 aromatic rings. The lowest BCUT2D eigenvalue weighted by Crippen LogP contribution is -1.97. The fraction of sp³-hybridized carbons (Fsp3) is 0. The summed E-state index contributed by atoms with van der Waals surface area (Å²) in [6, 6.07) is 17.4. The molecule has 0 N–H and O–H groups in total. The molecule has 2 aromatic carbocycles. The van der Waals surface area contributed by atoms with Crippen LogP contribution >= 0.6 is 27.3 Å². The van der Waals surface area contributed by atoms with Crippen LogP contribution in [0, 0.1) is 0 Å². The van der Waals surface area contributed by atoms with E-state index in [1.54, 1.807) is 0 Å². The van der Waals surface area contributed by atoms with Crippen molar-refractivity contribution in [1.82, 2.24) is 0 Å². The first-order valence-electron chi connectivity index (χ1n) is 5.53. The zero-order chi connectivity index (χ0) is 12.5. The van der Waals surface area contributed by atoms with Crippen molar-refractivity contribution in [3.05, 3.63) is 69.5 Å². The van der Waals surface area contributed by atoms with Crippen LogP contribution < -0.4 is 0 Å². The molecule has 0 saturated carbocycles. The summed E-state index contributed by atoms with van der Waals surface area (Å²) in [4.78, 5) is 13.1. The summed E-state index contributed by atoms with van der Waals surface area (Å²) in [5, 5.41) is 1.11. The minimum absolute atomic E-state index is 0.0907. The second-order valence-electron chi connectivity index (χ2n) is 3.99. The van der Waals surface area contributed by atoms with E-state index < -0.39 is 0 Å². The average Bonchev–Trinajstić information content (AvgIpc) is 2.81. The molecule has 18 heavy (non-hydrogen) atoms. The topological polar surface area (TPSA) is 17.1 Å². The third-order valence-electron chi connectivity index (χ3n) is 2.74. The molecule has 0 unspecified atom stereocenters. The third kappa shape index (κ3) is 2.11. The maximum absolute atomic E-state index is 12.3. The molecule has 0 amide bonds. The Kier molecular flexibility index (Phi) is 3.02. The second-order valence-corrected chi connectivity index (χ2v) is 5.99. The highest BCUT2D eigenvalue weighted by molar-refractivity contribution is 9.10. The van der Waals surface area contributed by atoms with Crippen LogP contribution in [0.15, 0.2) is 59.1 Å². The first kappa shape index (κ1) is 11.6. The summed E-state index contributed by atoms with van der Waals surface area (Å²) in [6.07, 6.45) is 0. The van der Waals surface area contributed by atoms with Gasteiger partial charge in [-0.3, -0.25) is 4.79 Å². The Morgan fingerprint density at radius 3 is 2.56 bits per heavy atom. The molecule has 0 radical (unpaired) electrons. The Morgan fingerprint density at radius 2 is 1.78 bits per heavy atom. The zero-order valence-electron chi connectivity index (χ0n) is 9.39. The van der Waals surface area contributed by atoms with E-state index in [1.807, 2.05) is 54.6 Å². The molecule has 0 aliphatic rings. The Labute approximate surface area is 117 Å². The minimum Gasteiger partial charge on any atom is -0.288 e. The van der Waals surface area contributed by atoms with Crippen molar-refractivity contribution in [2.24, 2.45) is 0 Å². The number of hydrogen-bond acceptors (Lipinski definition) is 2. The van der Waals surface area contributed by atoms with Gasteiger partial charge in [-0.1, -0.05) is 52.3 Å². The van der Waals surface area contributed by atoms with E-state index in [4.69, 9.17) is 0 Å². The molecule has 0 atom stereocenters. The molecule has 3 heteroatoms. The number of fused-ring (bicyclic) bond motifs is 1. The fourth-order valence-electron chi connectivity index (χ4n) is 1.85. The van der Waals surface area contributed by atoms with Gasteiger partial charge in [-0.15, -0.1) is 11.3 Å². The number of hydrogen-bond donors (Lipinski definition) is 0. The Bertz CT molecular complexity index is 716. The lowest BCUT2D eigenvalue weighted by atomic mass is 10.1.